The third kappa shape index (κ3) is 3.64. The van der Waals surface area contributed by atoms with E-state index in [1.807, 2.05) is 32.9 Å². The van der Waals surface area contributed by atoms with Gasteiger partial charge in [-0.25, -0.2) is 4.98 Å². The molecule has 0 aromatic carbocycles. The van der Waals surface area contributed by atoms with Crippen molar-refractivity contribution in [2.45, 2.75) is 33.8 Å². The maximum absolute atomic E-state index is 11.6. The number of nitrogens with zero attached hydrogens (tertiary/aromatic N) is 2. The standard InChI is InChI=1S/C14H16N2O3/c1-9-4-5-12(7-15-9)6-14(17)18-8-13-16-10(2)11(3)19-13/h4-5,7H,6,8H2,1-3H3. The van der Waals surface area contributed by atoms with Crippen LogP contribution in [0.15, 0.2) is 22.7 Å². The molecule has 0 radical (unpaired) electrons. The molecule has 5 heteroatoms. The summed E-state index contributed by atoms with van der Waals surface area (Å²) in [5, 5.41) is 0. The van der Waals surface area contributed by atoms with Crippen LogP contribution >= 0.6 is 0 Å². The topological polar surface area (TPSA) is 65.2 Å². The number of pyridine rings is 1. The highest BCUT2D eigenvalue weighted by Crippen LogP contribution is 2.10. The van der Waals surface area contributed by atoms with Crippen molar-refractivity contribution >= 4 is 5.97 Å². The lowest BCUT2D eigenvalue weighted by Crippen LogP contribution is -2.08. The Kier molecular flexibility index (Phi) is 3.94. The molecule has 0 spiro atoms. The highest BCUT2D eigenvalue weighted by Gasteiger charge is 2.10. The normalized spacial score (nSPS) is 10.5. The quantitative estimate of drug-likeness (QED) is 0.789. The third-order valence-corrected chi connectivity index (χ3v) is 2.75. The average molecular weight is 260 g/mol. The molecule has 2 heterocycles. The van der Waals surface area contributed by atoms with Gasteiger partial charge in [-0.2, -0.15) is 0 Å². The molecule has 0 N–H and O–H groups in total. The van der Waals surface area contributed by atoms with Crippen LogP contribution < -0.4 is 0 Å². The SMILES string of the molecule is Cc1ccc(CC(=O)OCc2nc(C)c(C)o2)cn1. The molecule has 5 nitrogen and oxygen atoms in total. The van der Waals surface area contributed by atoms with Gasteiger partial charge in [0.25, 0.3) is 0 Å². The van der Waals surface area contributed by atoms with Crippen molar-refractivity contribution in [3.63, 3.8) is 0 Å². The van der Waals surface area contributed by atoms with Crippen molar-refractivity contribution in [2.24, 2.45) is 0 Å². The van der Waals surface area contributed by atoms with Crippen molar-refractivity contribution in [3.8, 4) is 0 Å². The van der Waals surface area contributed by atoms with Gasteiger partial charge in [0.15, 0.2) is 6.61 Å². The first-order valence-electron chi connectivity index (χ1n) is 6.04. The van der Waals surface area contributed by atoms with Gasteiger partial charge in [0.2, 0.25) is 5.89 Å². The van der Waals surface area contributed by atoms with Gasteiger partial charge in [-0.3, -0.25) is 9.78 Å². The van der Waals surface area contributed by atoms with Crippen LogP contribution in [-0.4, -0.2) is 15.9 Å². The Morgan fingerprint density at radius 1 is 1.32 bits per heavy atom. The van der Waals surface area contributed by atoms with E-state index < -0.39 is 0 Å². The average Bonchev–Trinajstić information content (AvgIpc) is 2.69. The van der Waals surface area contributed by atoms with Crippen LogP contribution in [0.1, 0.15) is 28.6 Å². The minimum atomic E-state index is -0.320. The van der Waals surface area contributed by atoms with Crippen molar-refractivity contribution < 1.29 is 13.9 Å². The second kappa shape index (κ2) is 5.65. The maximum atomic E-state index is 11.6. The molecule has 0 saturated heterocycles. The second-order valence-electron chi connectivity index (χ2n) is 4.39. The van der Waals surface area contributed by atoms with Gasteiger partial charge < -0.3 is 9.15 Å². The van der Waals surface area contributed by atoms with Crippen LogP contribution in [0.5, 0.6) is 0 Å². The molecule has 0 saturated carbocycles. The first kappa shape index (κ1) is 13.3. The summed E-state index contributed by atoms with van der Waals surface area (Å²) in [5.41, 5.74) is 2.56. The molecular formula is C14H16N2O3. The smallest absolute Gasteiger partial charge is 0.310 e. The first-order valence-corrected chi connectivity index (χ1v) is 6.04. The Labute approximate surface area is 111 Å². The summed E-state index contributed by atoms with van der Waals surface area (Å²) in [5.74, 6) is 0.846. The van der Waals surface area contributed by atoms with Crippen molar-refractivity contribution in [1.29, 1.82) is 0 Å². The van der Waals surface area contributed by atoms with Gasteiger partial charge in [0.1, 0.15) is 5.76 Å². The monoisotopic (exact) mass is 260 g/mol. The lowest BCUT2D eigenvalue weighted by molar-refractivity contribution is -0.144. The van der Waals surface area contributed by atoms with Gasteiger partial charge in [0.05, 0.1) is 12.1 Å². The number of carbonyl (C=O) groups is 1. The number of carbonyl (C=O) groups excluding carboxylic acids is 1. The molecule has 0 unspecified atom stereocenters. The van der Waals surface area contributed by atoms with Crippen molar-refractivity contribution in [3.05, 3.63) is 46.9 Å². The van der Waals surface area contributed by atoms with Crippen LogP contribution in [0.4, 0.5) is 0 Å². The lowest BCUT2D eigenvalue weighted by Gasteiger charge is -2.02. The number of ether oxygens (including phenoxy) is 1. The summed E-state index contributed by atoms with van der Waals surface area (Å²) < 4.78 is 10.4. The van der Waals surface area contributed by atoms with Crippen molar-refractivity contribution in [2.75, 3.05) is 0 Å². The molecule has 0 bridgehead atoms. The predicted octanol–water partition coefficient (Wildman–Crippen LogP) is 2.28. The summed E-state index contributed by atoms with van der Waals surface area (Å²) in [6.07, 6.45) is 1.88. The zero-order chi connectivity index (χ0) is 13.8. The highest BCUT2D eigenvalue weighted by molar-refractivity contribution is 5.72. The van der Waals surface area contributed by atoms with Crippen molar-refractivity contribution in [1.82, 2.24) is 9.97 Å². The van der Waals surface area contributed by atoms with Crippen LogP contribution in [0.3, 0.4) is 0 Å². The molecular weight excluding hydrogens is 244 g/mol. The second-order valence-corrected chi connectivity index (χ2v) is 4.39. The largest absolute Gasteiger partial charge is 0.455 e. The molecule has 2 aromatic heterocycles. The Balaban J connectivity index is 1.86. The molecule has 19 heavy (non-hydrogen) atoms. The summed E-state index contributed by atoms with van der Waals surface area (Å²) in [6.45, 7) is 5.63. The number of hydrogen-bond donors (Lipinski definition) is 0. The minimum Gasteiger partial charge on any atom is -0.455 e. The van der Waals surface area contributed by atoms with E-state index in [-0.39, 0.29) is 19.0 Å². The molecule has 2 aromatic rings. The number of esters is 1. The Morgan fingerprint density at radius 3 is 2.68 bits per heavy atom. The molecule has 2 rings (SSSR count). The molecule has 0 aliphatic heterocycles. The Morgan fingerprint density at radius 2 is 2.11 bits per heavy atom. The fourth-order valence-corrected chi connectivity index (χ4v) is 1.56. The number of aromatic nitrogens is 2. The molecule has 0 fully saturated rings. The molecule has 0 aliphatic carbocycles. The van der Waals surface area contributed by atoms with E-state index in [4.69, 9.17) is 9.15 Å². The predicted molar refractivity (Wildman–Crippen MR) is 68.5 cm³/mol. The van der Waals surface area contributed by atoms with E-state index in [1.165, 1.54) is 0 Å². The summed E-state index contributed by atoms with van der Waals surface area (Å²) in [6, 6.07) is 3.73. The van der Waals surface area contributed by atoms with E-state index in [2.05, 4.69) is 9.97 Å². The van der Waals surface area contributed by atoms with Gasteiger partial charge in [0, 0.05) is 11.9 Å². The zero-order valence-electron chi connectivity index (χ0n) is 11.3. The molecule has 0 amide bonds. The molecule has 100 valence electrons. The summed E-state index contributed by atoms with van der Waals surface area (Å²) in [4.78, 5) is 19.9. The van der Waals surface area contributed by atoms with Crippen LogP contribution in [0.25, 0.3) is 0 Å². The van der Waals surface area contributed by atoms with Crippen LogP contribution in [-0.2, 0) is 22.6 Å². The van der Waals surface area contributed by atoms with E-state index >= 15 is 0 Å². The number of aryl methyl sites for hydroxylation is 3. The van der Waals surface area contributed by atoms with E-state index in [1.54, 1.807) is 6.20 Å². The van der Waals surface area contributed by atoms with Gasteiger partial charge >= 0.3 is 5.97 Å². The minimum absolute atomic E-state index is 0.0623. The fourth-order valence-electron chi connectivity index (χ4n) is 1.56. The number of oxazole rings is 1. The summed E-state index contributed by atoms with van der Waals surface area (Å²) in [7, 11) is 0. The Hall–Kier alpha value is -2.17. The van der Waals surface area contributed by atoms with E-state index in [0.29, 0.717) is 5.89 Å². The van der Waals surface area contributed by atoms with Gasteiger partial charge in [-0.1, -0.05) is 6.07 Å². The van der Waals surface area contributed by atoms with Gasteiger partial charge in [-0.05, 0) is 32.4 Å². The lowest BCUT2D eigenvalue weighted by atomic mass is 10.2. The van der Waals surface area contributed by atoms with E-state index in [0.717, 1.165) is 22.7 Å². The third-order valence-electron chi connectivity index (χ3n) is 2.75. The fraction of sp³-hybridized carbons (Fsp3) is 0.357. The number of hydrogen-bond acceptors (Lipinski definition) is 5. The van der Waals surface area contributed by atoms with Gasteiger partial charge in [-0.15, -0.1) is 0 Å². The zero-order valence-corrected chi connectivity index (χ0v) is 11.3. The van der Waals surface area contributed by atoms with Crippen LogP contribution in [0.2, 0.25) is 0 Å². The van der Waals surface area contributed by atoms with E-state index in [9.17, 15) is 4.79 Å². The molecule has 0 aliphatic rings. The molecule has 0 atom stereocenters. The first-order chi connectivity index (χ1) is 9.04. The maximum Gasteiger partial charge on any atom is 0.310 e. The summed E-state index contributed by atoms with van der Waals surface area (Å²) >= 11 is 0. The Bertz CT molecular complexity index is 553. The highest BCUT2D eigenvalue weighted by atomic mass is 16.5. The van der Waals surface area contributed by atoms with Crippen LogP contribution in [0, 0.1) is 20.8 Å². The number of rotatable bonds is 4.